The maximum atomic E-state index is 12.7. The summed E-state index contributed by atoms with van der Waals surface area (Å²) >= 11 is 3.85. The highest BCUT2D eigenvalue weighted by atomic mass is 32.1. The van der Waals surface area contributed by atoms with Crippen molar-refractivity contribution < 1.29 is 29.4 Å². The van der Waals surface area contributed by atoms with Crippen LogP contribution >= 0.6 is 12.6 Å². The normalized spacial score (nSPS) is 16.5. The van der Waals surface area contributed by atoms with Crippen LogP contribution < -0.4 is 21.7 Å². The SMILES string of the molecule is CC(C)CC(N)C(=O)NC(C(=O)NC(C(=O)NC(CS)C(=O)O)C(C)O)C(C)C. The van der Waals surface area contributed by atoms with Crippen LogP contribution in [0.25, 0.3) is 0 Å². The highest BCUT2D eigenvalue weighted by Gasteiger charge is 2.33. The number of carboxylic acid groups (broad SMARTS) is 1. The highest BCUT2D eigenvalue weighted by Crippen LogP contribution is 2.07. The average molecular weight is 435 g/mol. The van der Waals surface area contributed by atoms with Crippen molar-refractivity contribution in [3.8, 4) is 0 Å². The van der Waals surface area contributed by atoms with Gasteiger partial charge in [0, 0.05) is 5.75 Å². The van der Waals surface area contributed by atoms with Crippen molar-refractivity contribution in [1.82, 2.24) is 16.0 Å². The summed E-state index contributed by atoms with van der Waals surface area (Å²) in [7, 11) is 0. The van der Waals surface area contributed by atoms with E-state index in [1.807, 2.05) is 13.8 Å². The van der Waals surface area contributed by atoms with Crippen LogP contribution in [0.1, 0.15) is 41.0 Å². The molecule has 11 heteroatoms. The van der Waals surface area contributed by atoms with Crippen molar-refractivity contribution in [2.75, 3.05) is 5.75 Å². The molecule has 0 aromatic carbocycles. The van der Waals surface area contributed by atoms with Crippen LogP contribution in [0, 0.1) is 11.8 Å². The van der Waals surface area contributed by atoms with Gasteiger partial charge in [-0.2, -0.15) is 12.6 Å². The molecule has 0 radical (unpaired) electrons. The smallest absolute Gasteiger partial charge is 0.327 e. The monoisotopic (exact) mass is 434 g/mol. The van der Waals surface area contributed by atoms with Crippen LogP contribution in [0.4, 0.5) is 0 Å². The van der Waals surface area contributed by atoms with E-state index in [0.717, 1.165) is 0 Å². The molecule has 3 amide bonds. The molecule has 0 aromatic rings. The molecular weight excluding hydrogens is 400 g/mol. The lowest BCUT2D eigenvalue weighted by Gasteiger charge is -2.28. The lowest BCUT2D eigenvalue weighted by molar-refractivity contribution is -0.142. The van der Waals surface area contributed by atoms with Crippen molar-refractivity contribution in [1.29, 1.82) is 0 Å². The molecule has 29 heavy (non-hydrogen) atoms. The van der Waals surface area contributed by atoms with Gasteiger partial charge in [-0.1, -0.05) is 27.7 Å². The first-order chi connectivity index (χ1) is 13.3. The van der Waals surface area contributed by atoms with E-state index in [-0.39, 0.29) is 17.6 Å². The quantitative estimate of drug-likeness (QED) is 0.190. The number of aliphatic carboxylic acids is 1. The molecule has 7 N–H and O–H groups in total. The first kappa shape index (κ1) is 27.1. The minimum Gasteiger partial charge on any atom is -0.480 e. The summed E-state index contributed by atoms with van der Waals surface area (Å²) in [5.74, 6) is -3.65. The number of thiol groups is 1. The number of hydrogen-bond donors (Lipinski definition) is 7. The van der Waals surface area contributed by atoms with Crippen LogP contribution in [-0.4, -0.2) is 69.9 Å². The predicted octanol–water partition coefficient (Wildman–Crippen LogP) is -1.13. The Kier molecular flexibility index (Phi) is 11.8. The Morgan fingerprint density at radius 3 is 1.76 bits per heavy atom. The summed E-state index contributed by atoms with van der Waals surface area (Å²) in [4.78, 5) is 48.4. The van der Waals surface area contributed by atoms with Crippen LogP contribution in [0.15, 0.2) is 0 Å². The summed E-state index contributed by atoms with van der Waals surface area (Å²) in [5.41, 5.74) is 5.85. The Hall–Kier alpha value is -1.85. The molecule has 0 saturated carbocycles. The van der Waals surface area contributed by atoms with Crippen LogP contribution in [0.2, 0.25) is 0 Å². The lowest BCUT2D eigenvalue weighted by atomic mass is 10.00. The van der Waals surface area contributed by atoms with Crippen molar-refractivity contribution in [2.45, 2.75) is 71.3 Å². The number of aliphatic hydroxyl groups excluding tert-OH is 1. The summed E-state index contributed by atoms with van der Waals surface area (Å²) < 4.78 is 0. The number of carbonyl (C=O) groups is 4. The first-order valence-electron chi connectivity index (χ1n) is 9.50. The van der Waals surface area contributed by atoms with Gasteiger partial charge in [-0.3, -0.25) is 14.4 Å². The number of carboxylic acids is 1. The third kappa shape index (κ3) is 9.46. The third-order valence-electron chi connectivity index (χ3n) is 4.17. The molecular formula is C18H34N4O6S. The zero-order valence-electron chi connectivity index (χ0n) is 17.5. The van der Waals surface area contributed by atoms with E-state index in [0.29, 0.717) is 6.42 Å². The minimum absolute atomic E-state index is 0.167. The fourth-order valence-electron chi connectivity index (χ4n) is 2.51. The van der Waals surface area contributed by atoms with E-state index in [2.05, 4.69) is 28.6 Å². The highest BCUT2D eigenvalue weighted by molar-refractivity contribution is 7.80. The molecule has 0 spiro atoms. The topological polar surface area (TPSA) is 171 Å². The van der Waals surface area contributed by atoms with Gasteiger partial charge in [-0.05, 0) is 25.2 Å². The van der Waals surface area contributed by atoms with Gasteiger partial charge in [0.2, 0.25) is 17.7 Å². The number of nitrogens with two attached hydrogens (primary N) is 1. The molecule has 168 valence electrons. The van der Waals surface area contributed by atoms with Gasteiger partial charge in [-0.15, -0.1) is 0 Å². The van der Waals surface area contributed by atoms with Crippen molar-refractivity contribution in [3.05, 3.63) is 0 Å². The number of rotatable bonds is 12. The summed E-state index contributed by atoms with van der Waals surface area (Å²) in [6.45, 7) is 8.53. The maximum absolute atomic E-state index is 12.7. The molecule has 10 nitrogen and oxygen atoms in total. The van der Waals surface area contributed by atoms with E-state index >= 15 is 0 Å². The van der Waals surface area contributed by atoms with Gasteiger partial charge in [0.15, 0.2) is 0 Å². The molecule has 0 saturated heterocycles. The number of aliphatic hydroxyl groups is 1. The van der Waals surface area contributed by atoms with E-state index in [4.69, 9.17) is 10.8 Å². The molecule has 0 aliphatic heterocycles. The summed E-state index contributed by atoms with van der Waals surface area (Å²) in [6.07, 6.45) is -0.864. The van der Waals surface area contributed by atoms with E-state index in [1.165, 1.54) is 6.92 Å². The number of nitrogens with one attached hydrogen (secondary N) is 3. The van der Waals surface area contributed by atoms with Gasteiger partial charge in [0.1, 0.15) is 18.1 Å². The van der Waals surface area contributed by atoms with E-state index in [9.17, 15) is 24.3 Å². The summed E-state index contributed by atoms with van der Waals surface area (Å²) in [5, 5.41) is 26.1. The average Bonchev–Trinajstić information content (AvgIpc) is 2.59. The van der Waals surface area contributed by atoms with Crippen LogP contribution in [0.3, 0.4) is 0 Å². The molecule has 0 aromatic heterocycles. The van der Waals surface area contributed by atoms with Crippen molar-refractivity contribution in [2.24, 2.45) is 17.6 Å². The zero-order valence-corrected chi connectivity index (χ0v) is 18.4. The maximum Gasteiger partial charge on any atom is 0.327 e. The lowest BCUT2D eigenvalue weighted by Crippen LogP contribution is -2.61. The molecule has 0 aliphatic rings. The van der Waals surface area contributed by atoms with Crippen molar-refractivity contribution in [3.63, 3.8) is 0 Å². The largest absolute Gasteiger partial charge is 0.480 e. The number of carbonyl (C=O) groups excluding carboxylic acids is 3. The Labute approximate surface area is 176 Å². The molecule has 5 unspecified atom stereocenters. The zero-order chi connectivity index (χ0) is 22.9. The Morgan fingerprint density at radius 2 is 1.38 bits per heavy atom. The van der Waals surface area contributed by atoms with Crippen LogP contribution in [-0.2, 0) is 19.2 Å². The Morgan fingerprint density at radius 1 is 0.897 bits per heavy atom. The second kappa shape index (κ2) is 12.7. The minimum atomic E-state index is -1.41. The van der Waals surface area contributed by atoms with Gasteiger partial charge in [0.25, 0.3) is 0 Å². The van der Waals surface area contributed by atoms with Crippen molar-refractivity contribution >= 4 is 36.3 Å². The number of hydrogen-bond acceptors (Lipinski definition) is 7. The molecule has 0 aliphatic carbocycles. The fraction of sp³-hybridized carbons (Fsp3) is 0.778. The van der Waals surface area contributed by atoms with E-state index < -0.39 is 54.0 Å². The fourth-order valence-corrected chi connectivity index (χ4v) is 2.75. The number of amides is 3. The summed E-state index contributed by atoms with van der Waals surface area (Å²) in [6, 6.07) is -4.47. The Bertz CT molecular complexity index is 585. The van der Waals surface area contributed by atoms with Gasteiger partial charge in [0.05, 0.1) is 12.1 Å². The first-order valence-corrected chi connectivity index (χ1v) is 10.1. The molecule has 0 fully saturated rings. The van der Waals surface area contributed by atoms with Gasteiger partial charge in [-0.25, -0.2) is 4.79 Å². The third-order valence-corrected chi connectivity index (χ3v) is 4.53. The second-order valence-corrected chi connectivity index (χ2v) is 8.14. The molecule has 0 heterocycles. The molecule has 0 bridgehead atoms. The Balaban J connectivity index is 5.25. The predicted molar refractivity (Wildman–Crippen MR) is 111 cm³/mol. The van der Waals surface area contributed by atoms with Gasteiger partial charge < -0.3 is 31.9 Å². The van der Waals surface area contributed by atoms with Crippen LogP contribution in [0.5, 0.6) is 0 Å². The van der Waals surface area contributed by atoms with E-state index in [1.54, 1.807) is 13.8 Å². The van der Waals surface area contributed by atoms with Gasteiger partial charge >= 0.3 is 5.97 Å². The standard InChI is InChI=1S/C18H34N4O6S/c1-8(2)6-11(19)15(24)21-13(9(3)4)16(25)22-14(10(5)23)17(26)20-12(7-29)18(27)28/h8-14,23,29H,6-7,19H2,1-5H3,(H,20,26)(H,21,24)(H,22,25)(H,27,28). The molecule has 5 atom stereocenters. The second-order valence-electron chi connectivity index (χ2n) is 7.78. The molecule has 0 rings (SSSR count).